The Hall–Kier alpha value is -8.68. The fraction of sp³-hybridized carbons (Fsp3) is 0.0508. The first kappa shape index (κ1) is 39.2. The number of nitrogens with zero attached hydrogens (tertiary/aromatic N) is 4. The van der Waals surface area contributed by atoms with Gasteiger partial charge in [-0.05, 0) is 112 Å². The molecule has 2 unspecified atom stereocenters. The second kappa shape index (κ2) is 16.5. The second-order valence-corrected chi connectivity index (χ2v) is 16.4. The molecule has 2 aliphatic heterocycles. The molecule has 2 heterocycles. The van der Waals surface area contributed by atoms with Crippen LogP contribution in [0.5, 0.6) is 0 Å². The molecule has 0 amide bonds. The number of nitrogens with one attached hydrogen (secondary N) is 2. The molecule has 6 nitrogen and oxygen atoms in total. The first-order chi connectivity index (χ1) is 32.1. The minimum atomic E-state index is -0.649. The number of hydrogen-bond donors (Lipinski definition) is 2. The number of para-hydroxylation sites is 4. The molecule has 0 fully saturated rings. The maximum Gasteiger partial charge on any atom is 0.104 e. The molecule has 0 bridgehead atoms. The van der Waals surface area contributed by atoms with E-state index in [1.807, 2.05) is 30.3 Å². The Labute approximate surface area is 379 Å². The Morgan fingerprint density at radius 3 is 1.51 bits per heavy atom. The normalized spacial score (nSPS) is 15.5. The third kappa shape index (κ3) is 6.69. The van der Waals surface area contributed by atoms with Crippen LogP contribution in [0.4, 0.5) is 39.8 Å². The molecule has 0 aromatic heterocycles. The highest BCUT2D eigenvalue weighted by Crippen LogP contribution is 2.58. The van der Waals surface area contributed by atoms with Gasteiger partial charge in [0.05, 0.1) is 34.0 Å². The van der Waals surface area contributed by atoms with Crippen LogP contribution in [0.15, 0.2) is 231 Å². The van der Waals surface area contributed by atoms with Crippen LogP contribution in [0.25, 0.3) is 0 Å². The lowest BCUT2D eigenvalue weighted by atomic mass is 9.62. The molecule has 11 rings (SSSR count). The van der Waals surface area contributed by atoms with Crippen LogP contribution in [-0.2, 0) is 5.41 Å². The molecule has 2 N–H and O–H groups in total. The van der Waals surface area contributed by atoms with Crippen molar-refractivity contribution in [2.24, 2.45) is 0 Å². The van der Waals surface area contributed by atoms with Gasteiger partial charge in [-0.25, -0.2) is 0 Å². The Morgan fingerprint density at radius 1 is 0.462 bits per heavy atom. The van der Waals surface area contributed by atoms with Gasteiger partial charge >= 0.3 is 0 Å². The van der Waals surface area contributed by atoms with Gasteiger partial charge < -0.3 is 15.1 Å². The summed E-state index contributed by atoms with van der Waals surface area (Å²) in [7, 11) is 0. The summed E-state index contributed by atoms with van der Waals surface area (Å²) in [5.74, 6) is 0. The summed E-state index contributed by atoms with van der Waals surface area (Å²) in [4.78, 5) is 4.69. The van der Waals surface area contributed by atoms with Crippen molar-refractivity contribution in [3.05, 3.63) is 281 Å². The maximum atomic E-state index is 10.0. The van der Waals surface area contributed by atoms with Crippen molar-refractivity contribution in [2.45, 2.75) is 17.6 Å². The van der Waals surface area contributed by atoms with Crippen molar-refractivity contribution in [1.29, 1.82) is 10.5 Å². The van der Waals surface area contributed by atoms with Crippen LogP contribution in [0.1, 0.15) is 62.3 Å². The van der Waals surface area contributed by atoms with Gasteiger partial charge in [-0.1, -0.05) is 158 Å². The quantitative estimate of drug-likeness (QED) is 0.159. The van der Waals surface area contributed by atoms with Gasteiger partial charge in [0.1, 0.15) is 18.3 Å². The van der Waals surface area contributed by atoms with E-state index in [0.717, 1.165) is 56.5 Å². The number of nitriles is 2. The average molecular weight is 835 g/mol. The predicted octanol–water partition coefficient (Wildman–Crippen LogP) is 13.9. The molecular weight excluding hydrogens is 793 g/mol. The Kier molecular flexibility index (Phi) is 9.98. The smallest absolute Gasteiger partial charge is 0.104 e. The molecule has 9 aromatic rings. The number of hydrogen-bond acceptors (Lipinski definition) is 6. The van der Waals surface area contributed by atoms with Crippen molar-refractivity contribution in [3.8, 4) is 12.1 Å². The van der Waals surface area contributed by atoms with Crippen LogP contribution in [0, 0.1) is 22.7 Å². The monoisotopic (exact) mass is 834 g/mol. The van der Waals surface area contributed by atoms with Crippen molar-refractivity contribution in [1.82, 2.24) is 5.32 Å². The summed E-state index contributed by atoms with van der Waals surface area (Å²) in [5, 5.41) is 27.4. The van der Waals surface area contributed by atoms with Gasteiger partial charge in [0.25, 0.3) is 0 Å². The van der Waals surface area contributed by atoms with E-state index in [1.54, 1.807) is 0 Å². The lowest BCUT2D eigenvalue weighted by Gasteiger charge is -2.46. The third-order valence-electron chi connectivity index (χ3n) is 12.9. The fourth-order valence-electron chi connectivity index (χ4n) is 10.00. The predicted molar refractivity (Wildman–Crippen MR) is 261 cm³/mol. The molecule has 0 spiro atoms. The Bertz CT molecular complexity index is 3140. The zero-order valence-electron chi connectivity index (χ0n) is 35.4. The molecule has 2 atom stereocenters. The lowest BCUT2D eigenvalue weighted by Crippen LogP contribution is -2.38. The number of anilines is 7. The van der Waals surface area contributed by atoms with E-state index >= 15 is 0 Å². The molecular formula is C59H42N6. The Morgan fingerprint density at radius 2 is 0.938 bits per heavy atom. The number of rotatable bonds is 8. The highest BCUT2D eigenvalue weighted by atomic mass is 15.2. The van der Waals surface area contributed by atoms with Crippen molar-refractivity contribution < 1.29 is 0 Å². The topological polar surface area (TPSA) is 78.1 Å². The molecule has 2 aliphatic rings. The van der Waals surface area contributed by atoms with Gasteiger partial charge in [0, 0.05) is 28.4 Å². The van der Waals surface area contributed by atoms with E-state index in [2.05, 4.69) is 233 Å². The van der Waals surface area contributed by atoms with Gasteiger partial charge in [-0.3, -0.25) is 5.32 Å². The van der Waals surface area contributed by atoms with E-state index in [9.17, 15) is 10.5 Å². The first-order valence-electron chi connectivity index (χ1n) is 21.9. The van der Waals surface area contributed by atoms with E-state index in [-0.39, 0.29) is 12.2 Å². The van der Waals surface area contributed by atoms with Crippen molar-refractivity contribution >= 4 is 39.8 Å². The molecule has 0 saturated heterocycles. The van der Waals surface area contributed by atoms with E-state index in [4.69, 9.17) is 0 Å². The van der Waals surface area contributed by atoms with Gasteiger partial charge in [0.2, 0.25) is 0 Å². The van der Waals surface area contributed by atoms with Crippen LogP contribution < -0.4 is 20.4 Å². The van der Waals surface area contributed by atoms with Gasteiger partial charge in [-0.2, -0.15) is 10.5 Å². The van der Waals surface area contributed by atoms with Crippen molar-refractivity contribution in [3.63, 3.8) is 0 Å². The SMILES string of the molecule is N#Cc1cc2c(cc1C#N)C(c1ccc(N3c4ccccc4C(c4ccccc4)(c4ccc(N(c5ccccc5)c5ccccc5)cc4)c4ccccc43)cc1)NC(c1ccccc1)N2. The van der Waals surface area contributed by atoms with E-state index < -0.39 is 5.41 Å². The molecule has 0 radical (unpaired) electrons. The van der Waals surface area contributed by atoms with Crippen LogP contribution in [-0.4, -0.2) is 0 Å². The molecule has 0 aliphatic carbocycles. The lowest BCUT2D eigenvalue weighted by molar-refractivity contribution is 0.506. The summed E-state index contributed by atoms with van der Waals surface area (Å²) >= 11 is 0. The van der Waals surface area contributed by atoms with Gasteiger partial charge in [-0.15, -0.1) is 0 Å². The zero-order chi connectivity index (χ0) is 43.7. The fourth-order valence-corrected chi connectivity index (χ4v) is 10.00. The van der Waals surface area contributed by atoms with Crippen LogP contribution in [0.2, 0.25) is 0 Å². The van der Waals surface area contributed by atoms with E-state index in [0.29, 0.717) is 11.1 Å². The van der Waals surface area contributed by atoms with E-state index in [1.165, 1.54) is 22.3 Å². The summed E-state index contributed by atoms with van der Waals surface area (Å²) in [6, 6.07) is 85.6. The molecule has 0 saturated carbocycles. The molecule has 9 aromatic carbocycles. The van der Waals surface area contributed by atoms with Crippen molar-refractivity contribution in [2.75, 3.05) is 15.1 Å². The summed E-state index contributed by atoms with van der Waals surface area (Å²) in [5.41, 5.74) is 15.1. The molecule has 65 heavy (non-hydrogen) atoms. The third-order valence-corrected chi connectivity index (χ3v) is 12.9. The summed E-state index contributed by atoms with van der Waals surface area (Å²) in [6.45, 7) is 0. The minimum Gasteiger partial charge on any atom is -0.366 e. The highest BCUT2D eigenvalue weighted by Gasteiger charge is 2.46. The van der Waals surface area contributed by atoms with Crippen LogP contribution >= 0.6 is 0 Å². The van der Waals surface area contributed by atoms with Crippen LogP contribution in [0.3, 0.4) is 0 Å². The van der Waals surface area contributed by atoms with Gasteiger partial charge in [0.15, 0.2) is 0 Å². The second-order valence-electron chi connectivity index (χ2n) is 16.4. The highest BCUT2D eigenvalue weighted by molar-refractivity contribution is 5.90. The summed E-state index contributed by atoms with van der Waals surface area (Å²) < 4.78 is 0. The standard InChI is InChI=1S/C59H42N6/c60-39-43-37-51-54(38-44(43)40-61)62-58(42-17-5-1-6-18-42)63-57(51)41-29-33-50(34-30-41)65-55-27-15-13-25-52(55)59(45-19-7-2-8-20-45,53-26-14-16-28-56(53)65)46-31-35-49(36-32-46)64(47-21-9-3-10-22-47)48-23-11-4-12-24-48/h1-38,57-58,62-63H. The maximum absolute atomic E-state index is 10.0. The first-order valence-corrected chi connectivity index (χ1v) is 21.9. The average Bonchev–Trinajstić information content (AvgIpc) is 3.39. The molecule has 6 heteroatoms. The number of fused-ring (bicyclic) bond motifs is 3. The largest absolute Gasteiger partial charge is 0.366 e. The Balaban J connectivity index is 1.03. The molecule has 308 valence electrons. The number of benzene rings is 9. The summed E-state index contributed by atoms with van der Waals surface area (Å²) in [6.07, 6.45) is -0.214. The minimum absolute atomic E-state index is 0.214. The zero-order valence-corrected chi connectivity index (χ0v) is 35.4.